The Morgan fingerprint density at radius 1 is 0.936 bits per heavy atom. The van der Waals surface area contributed by atoms with Crippen molar-refractivity contribution >= 4 is 29.1 Å². The number of piperazine rings is 1. The van der Waals surface area contributed by atoms with Gasteiger partial charge in [-0.05, 0) is 71.4 Å². The SMILES string of the molecule is C=O.CC#N.CN1CCCC1.COc1nc2c(c(N3CCN(CC/C=C/CN(C)C)CC3)n1)CCN(c1cccc3ccccc13)C2. The maximum absolute atomic E-state index is 8.00. The summed E-state index contributed by atoms with van der Waals surface area (Å²) in [5.41, 5.74) is 3.64. The lowest BCUT2D eigenvalue weighted by molar-refractivity contribution is -0.0980. The predicted octanol–water partition coefficient (Wildman–Crippen LogP) is 4.89. The first-order chi connectivity index (χ1) is 22.9. The van der Waals surface area contributed by atoms with Crippen molar-refractivity contribution in [2.24, 2.45) is 0 Å². The molecule has 0 amide bonds. The molecule has 0 bridgehead atoms. The van der Waals surface area contributed by atoms with E-state index in [1.165, 1.54) is 54.9 Å². The van der Waals surface area contributed by atoms with E-state index in [-0.39, 0.29) is 0 Å². The number of carbonyl (C=O) groups is 1. The molecule has 47 heavy (non-hydrogen) atoms. The van der Waals surface area contributed by atoms with Crippen molar-refractivity contribution in [3.63, 3.8) is 0 Å². The van der Waals surface area contributed by atoms with E-state index in [9.17, 15) is 0 Å². The Hall–Kier alpha value is -4.04. The van der Waals surface area contributed by atoms with Crippen LogP contribution in [0.1, 0.15) is 37.4 Å². The van der Waals surface area contributed by atoms with E-state index in [0.29, 0.717) is 6.01 Å². The number of anilines is 2. The van der Waals surface area contributed by atoms with Crippen LogP contribution in [0.5, 0.6) is 6.01 Å². The number of hydrogen-bond acceptors (Lipinski definition) is 10. The summed E-state index contributed by atoms with van der Waals surface area (Å²) >= 11 is 0. The van der Waals surface area contributed by atoms with Crippen LogP contribution >= 0.6 is 0 Å². The maximum Gasteiger partial charge on any atom is 0.318 e. The summed E-state index contributed by atoms with van der Waals surface area (Å²) in [7, 11) is 8.04. The minimum atomic E-state index is 0.469. The highest BCUT2D eigenvalue weighted by atomic mass is 16.5. The number of carbonyl (C=O) groups excluding carboxylic acids is 1. The number of nitrogens with zero attached hydrogens (tertiary/aromatic N) is 8. The Bertz CT molecular complexity index is 1420. The lowest BCUT2D eigenvalue weighted by atomic mass is 10.0. The molecular formula is C37H54N8O2. The molecule has 2 fully saturated rings. The zero-order chi connectivity index (χ0) is 34.0. The van der Waals surface area contributed by atoms with Crippen molar-refractivity contribution in [3.05, 3.63) is 65.9 Å². The van der Waals surface area contributed by atoms with Gasteiger partial charge in [-0.15, -0.1) is 0 Å². The number of likely N-dealkylation sites (N-methyl/N-ethyl adjacent to an activating group) is 1. The van der Waals surface area contributed by atoms with Crippen molar-refractivity contribution < 1.29 is 9.53 Å². The molecule has 3 aromatic rings. The molecule has 3 aliphatic rings. The third-order valence-electron chi connectivity index (χ3n) is 8.56. The summed E-state index contributed by atoms with van der Waals surface area (Å²) in [6.45, 7) is 14.0. The molecule has 6 rings (SSSR count). The summed E-state index contributed by atoms with van der Waals surface area (Å²) in [4.78, 5) is 29.6. The smallest absolute Gasteiger partial charge is 0.318 e. The van der Waals surface area contributed by atoms with Crippen LogP contribution in [0, 0.1) is 11.3 Å². The zero-order valence-electron chi connectivity index (χ0n) is 29.2. The first-order valence-corrected chi connectivity index (χ1v) is 16.6. The molecule has 2 saturated heterocycles. The fourth-order valence-electron chi connectivity index (χ4n) is 6.15. The van der Waals surface area contributed by atoms with Crippen molar-refractivity contribution in [3.8, 4) is 12.1 Å². The van der Waals surface area contributed by atoms with Crippen LogP contribution in [-0.4, -0.2) is 119 Å². The summed E-state index contributed by atoms with van der Waals surface area (Å²) in [6, 6.07) is 17.4. The van der Waals surface area contributed by atoms with Gasteiger partial charge in [0.1, 0.15) is 12.6 Å². The van der Waals surface area contributed by atoms with Crippen LogP contribution < -0.4 is 14.5 Å². The Kier molecular flexibility index (Phi) is 16.1. The summed E-state index contributed by atoms with van der Waals surface area (Å²) in [6.07, 6.45) is 9.44. The number of benzene rings is 2. The molecule has 3 aliphatic heterocycles. The molecule has 254 valence electrons. The lowest BCUT2D eigenvalue weighted by Gasteiger charge is -2.38. The molecule has 4 heterocycles. The second-order valence-corrected chi connectivity index (χ2v) is 12.2. The van der Waals surface area contributed by atoms with E-state index >= 15 is 0 Å². The van der Waals surface area contributed by atoms with Gasteiger partial charge in [0.2, 0.25) is 0 Å². The molecule has 0 aliphatic carbocycles. The van der Waals surface area contributed by atoms with Gasteiger partial charge in [0.25, 0.3) is 0 Å². The van der Waals surface area contributed by atoms with Gasteiger partial charge in [-0.3, -0.25) is 4.90 Å². The molecule has 10 nitrogen and oxygen atoms in total. The highest BCUT2D eigenvalue weighted by Crippen LogP contribution is 2.34. The Balaban J connectivity index is 0.000000472. The van der Waals surface area contributed by atoms with Gasteiger partial charge in [-0.2, -0.15) is 15.2 Å². The van der Waals surface area contributed by atoms with Crippen molar-refractivity contribution in [2.45, 2.75) is 39.2 Å². The Morgan fingerprint density at radius 3 is 2.26 bits per heavy atom. The average Bonchev–Trinajstić information content (AvgIpc) is 3.59. The highest BCUT2D eigenvalue weighted by molar-refractivity contribution is 5.94. The number of nitriles is 1. The molecule has 0 radical (unpaired) electrons. The molecule has 1 aromatic heterocycles. The fourth-order valence-corrected chi connectivity index (χ4v) is 6.15. The highest BCUT2D eigenvalue weighted by Gasteiger charge is 2.28. The van der Waals surface area contributed by atoms with Crippen LogP contribution in [0.3, 0.4) is 0 Å². The van der Waals surface area contributed by atoms with Crippen LogP contribution in [0.4, 0.5) is 11.5 Å². The number of hydrogen-bond donors (Lipinski definition) is 0. The monoisotopic (exact) mass is 642 g/mol. The van der Waals surface area contributed by atoms with Crippen LogP contribution in [0.2, 0.25) is 0 Å². The normalized spacial score (nSPS) is 16.4. The summed E-state index contributed by atoms with van der Waals surface area (Å²) in [5, 5.41) is 9.88. The standard InChI is InChI=1S/C29H38N6O.C5H11N.C2H3N.CH2O/c1-32(2)15-7-4-8-16-33-18-20-34(21-19-33)28-25-14-17-35(22-26(25)30-29(31-28)36-3)27-13-9-11-23-10-5-6-12-24(23)27;1-6-4-2-3-5-6;1-2-3;1-2/h4-7,9-13H,8,14-22H2,1-3H3;2-5H2,1H3;1H3;1H2/b7-4+;;;. The third-order valence-corrected chi connectivity index (χ3v) is 8.56. The minimum Gasteiger partial charge on any atom is -0.467 e. The Morgan fingerprint density at radius 2 is 1.62 bits per heavy atom. The van der Waals surface area contributed by atoms with E-state index in [4.69, 9.17) is 24.8 Å². The van der Waals surface area contributed by atoms with Gasteiger partial charge in [-0.25, -0.2) is 0 Å². The number of ether oxygens (including phenoxy) is 1. The zero-order valence-corrected chi connectivity index (χ0v) is 29.2. The molecular weight excluding hydrogens is 588 g/mol. The summed E-state index contributed by atoms with van der Waals surface area (Å²) in [5.74, 6) is 1.07. The summed E-state index contributed by atoms with van der Waals surface area (Å²) < 4.78 is 5.55. The van der Waals surface area contributed by atoms with Gasteiger partial charge in [0.15, 0.2) is 0 Å². The lowest BCUT2D eigenvalue weighted by Crippen LogP contribution is -2.47. The van der Waals surface area contributed by atoms with Crippen LogP contribution in [0.15, 0.2) is 54.6 Å². The Labute approximate surface area is 282 Å². The largest absolute Gasteiger partial charge is 0.467 e. The van der Waals surface area contributed by atoms with Crippen molar-refractivity contribution in [2.75, 3.05) is 97.0 Å². The van der Waals surface area contributed by atoms with E-state index in [1.54, 1.807) is 13.2 Å². The average molecular weight is 643 g/mol. The van der Waals surface area contributed by atoms with E-state index in [0.717, 1.165) is 76.7 Å². The minimum absolute atomic E-state index is 0.469. The third kappa shape index (κ3) is 11.3. The fraction of sp³-hybridized carbons (Fsp3) is 0.514. The van der Waals surface area contributed by atoms with Gasteiger partial charge >= 0.3 is 6.01 Å². The van der Waals surface area contributed by atoms with Crippen LogP contribution in [-0.2, 0) is 17.8 Å². The van der Waals surface area contributed by atoms with Gasteiger partial charge < -0.3 is 29.1 Å². The number of aromatic nitrogens is 2. The molecule has 10 heteroatoms. The molecule has 0 saturated carbocycles. The van der Waals surface area contributed by atoms with Gasteiger partial charge in [0.05, 0.1) is 25.4 Å². The molecule has 0 unspecified atom stereocenters. The number of likely N-dealkylation sites (tertiary alicyclic amines) is 1. The second kappa shape index (κ2) is 20.3. The first kappa shape index (κ1) is 37.4. The van der Waals surface area contributed by atoms with Crippen LogP contribution in [0.25, 0.3) is 10.8 Å². The predicted molar refractivity (Wildman–Crippen MR) is 193 cm³/mol. The van der Waals surface area contributed by atoms with Crippen molar-refractivity contribution in [1.82, 2.24) is 24.7 Å². The van der Waals surface area contributed by atoms with E-state index in [2.05, 4.69) is 100 Å². The van der Waals surface area contributed by atoms with Gasteiger partial charge in [-0.1, -0.05) is 48.6 Å². The first-order valence-electron chi connectivity index (χ1n) is 16.6. The topological polar surface area (TPSA) is 92.1 Å². The molecule has 0 atom stereocenters. The quantitative estimate of drug-likeness (QED) is 0.317. The van der Waals surface area contributed by atoms with Crippen molar-refractivity contribution in [1.29, 1.82) is 5.26 Å². The number of rotatable bonds is 8. The molecule has 2 aromatic carbocycles. The molecule has 0 spiro atoms. The number of methoxy groups -OCH3 is 1. The van der Waals surface area contributed by atoms with E-state index < -0.39 is 0 Å². The van der Waals surface area contributed by atoms with Gasteiger partial charge in [0, 0.05) is 69.4 Å². The second-order valence-electron chi connectivity index (χ2n) is 12.2. The maximum atomic E-state index is 8.00. The molecule has 0 N–H and O–H groups in total. The van der Waals surface area contributed by atoms with E-state index in [1.807, 2.05) is 6.79 Å². The number of fused-ring (bicyclic) bond motifs is 2.